The minimum Gasteiger partial charge on any atom is -0.480 e. The maximum atomic E-state index is 5.08. The van der Waals surface area contributed by atoms with Crippen LogP contribution in [-0.2, 0) is 0 Å². The molecule has 0 atom stereocenters. The summed E-state index contributed by atoms with van der Waals surface area (Å²) in [6.45, 7) is 5.88. The minimum atomic E-state index is 0.488. The lowest BCUT2D eigenvalue weighted by atomic mass is 10.4. The second-order valence-electron chi connectivity index (χ2n) is 3.59. The molecule has 1 rings (SSSR count). The number of ether oxygens (including phenoxy) is 1. The Balaban J connectivity index is 2.42. The van der Waals surface area contributed by atoms with Crippen LogP contribution < -0.4 is 15.4 Å². The largest absolute Gasteiger partial charge is 0.480 e. The highest BCUT2D eigenvalue weighted by Gasteiger charge is 2.04. The maximum absolute atomic E-state index is 5.08. The van der Waals surface area contributed by atoms with Gasteiger partial charge < -0.3 is 15.4 Å². The summed E-state index contributed by atoms with van der Waals surface area (Å²) in [5, 5.41) is 6.41. The first-order valence-electron chi connectivity index (χ1n) is 5.17. The molecule has 0 saturated heterocycles. The highest BCUT2D eigenvalue weighted by atomic mass is 79.9. The zero-order valence-corrected chi connectivity index (χ0v) is 11.3. The first-order chi connectivity index (χ1) is 7.63. The molecule has 5 nitrogen and oxygen atoms in total. The second-order valence-corrected chi connectivity index (χ2v) is 4.44. The summed E-state index contributed by atoms with van der Waals surface area (Å²) >= 11 is 3.30. The van der Waals surface area contributed by atoms with Crippen LogP contribution in [0.3, 0.4) is 0 Å². The summed E-state index contributed by atoms with van der Waals surface area (Å²) in [7, 11) is 1.58. The number of aromatic nitrogens is 2. The van der Waals surface area contributed by atoms with Gasteiger partial charge in [-0.2, -0.15) is 4.98 Å². The van der Waals surface area contributed by atoms with Crippen LogP contribution in [0.25, 0.3) is 0 Å². The molecule has 0 radical (unpaired) electrons. The molecule has 0 amide bonds. The second kappa shape index (κ2) is 6.65. The predicted octanol–water partition coefficient (Wildman–Crippen LogP) is 1.66. The van der Waals surface area contributed by atoms with E-state index in [2.05, 4.69) is 50.4 Å². The zero-order valence-electron chi connectivity index (χ0n) is 9.75. The molecule has 0 bridgehead atoms. The molecule has 0 fully saturated rings. The van der Waals surface area contributed by atoms with E-state index in [4.69, 9.17) is 4.74 Å². The molecular formula is C10H17BrN4O. The van der Waals surface area contributed by atoms with Gasteiger partial charge in [-0.3, -0.25) is 0 Å². The van der Waals surface area contributed by atoms with Crippen LogP contribution >= 0.6 is 15.9 Å². The summed E-state index contributed by atoms with van der Waals surface area (Å²) in [5.74, 6) is 1.11. The van der Waals surface area contributed by atoms with Crippen molar-refractivity contribution in [3.05, 3.63) is 10.7 Å². The highest BCUT2D eigenvalue weighted by molar-refractivity contribution is 9.10. The predicted molar refractivity (Wildman–Crippen MR) is 67.9 cm³/mol. The Hall–Kier alpha value is -0.880. The van der Waals surface area contributed by atoms with Crippen LogP contribution in [0.15, 0.2) is 10.7 Å². The Morgan fingerprint density at radius 1 is 1.44 bits per heavy atom. The number of nitrogens with one attached hydrogen (secondary N) is 2. The number of halogens is 1. The van der Waals surface area contributed by atoms with E-state index in [1.54, 1.807) is 13.3 Å². The molecule has 1 aromatic heterocycles. The number of rotatable bonds is 6. The van der Waals surface area contributed by atoms with Crippen molar-refractivity contribution in [3.8, 4) is 5.88 Å². The van der Waals surface area contributed by atoms with Crippen LogP contribution in [0.1, 0.15) is 13.8 Å². The van der Waals surface area contributed by atoms with Crippen LogP contribution in [0.5, 0.6) is 5.88 Å². The van der Waals surface area contributed by atoms with E-state index in [-0.39, 0.29) is 0 Å². The topological polar surface area (TPSA) is 59.1 Å². The van der Waals surface area contributed by atoms with Gasteiger partial charge in [0.05, 0.1) is 17.8 Å². The van der Waals surface area contributed by atoms with Gasteiger partial charge in [0, 0.05) is 19.1 Å². The molecule has 0 unspecified atom stereocenters. The molecule has 0 aliphatic rings. The van der Waals surface area contributed by atoms with E-state index in [9.17, 15) is 0 Å². The average Bonchev–Trinajstić information content (AvgIpc) is 2.26. The Morgan fingerprint density at radius 3 is 2.81 bits per heavy atom. The van der Waals surface area contributed by atoms with Crippen LogP contribution in [0.4, 0.5) is 5.95 Å². The van der Waals surface area contributed by atoms with Crippen LogP contribution in [-0.4, -0.2) is 36.2 Å². The maximum Gasteiger partial charge on any atom is 0.232 e. The third-order valence-electron chi connectivity index (χ3n) is 1.87. The molecule has 0 aliphatic heterocycles. The van der Waals surface area contributed by atoms with Crippen molar-refractivity contribution in [3.63, 3.8) is 0 Å². The first-order valence-corrected chi connectivity index (χ1v) is 5.96. The van der Waals surface area contributed by atoms with Crippen molar-refractivity contribution >= 4 is 21.9 Å². The fourth-order valence-electron chi connectivity index (χ4n) is 1.11. The SMILES string of the molecule is COc1nc(NCCNC(C)C)ncc1Br. The number of methoxy groups -OCH3 is 1. The van der Waals surface area contributed by atoms with Gasteiger partial charge in [0.25, 0.3) is 0 Å². The Morgan fingerprint density at radius 2 is 2.19 bits per heavy atom. The van der Waals surface area contributed by atoms with E-state index in [0.29, 0.717) is 17.9 Å². The fourth-order valence-corrected chi connectivity index (χ4v) is 1.47. The van der Waals surface area contributed by atoms with Gasteiger partial charge in [0.15, 0.2) is 0 Å². The Labute approximate surface area is 104 Å². The van der Waals surface area contributed by atoms with Crippen molar-refractivity contribution in [2.24, 2.45) is 0 Å². The van der Waals surface area contributed by atoms with Crippen molar-refractivity contribution in [1.29, 1.82) is 0 Å². The zero-order chi connectivity index (χ0) is 12.0. The average molecular weight is 289 g/mol. The summed E-state index contributed by atoms with van der Waals surface area (Å²) in [6.07, 6.45) is 1.67. The van der Waals surface area contributed by atoms with Crippen molar-refractivity contribution < 1.29 is 4.74 Å². The number of nitrogens with zero attached hydrogens (tertiary/aromatic N) is 2. The summed E-state index contributed by atoms with van der Waals surface area (Å²) in [5.41, 5.74) is 0. The van der Waals surface area contributed by atoms with E-state index >= 15 is 0 Å². The van der Waals surface area contributed by atoms with E-state index in [0.717, 1.165) is 17.6 Å². The first kappa shape index (κ1) is 13.2. The standard InChI is InChI=1S/C10H17BrN4O/c1-7(2)12-4-5-13-10-14-6-8(11)9(15-10)16-3/h6-7,12H,4-5H2,1-3H3,(H,13,14,15). The number of hydrogen-bond donors (Lipinski definition) is 2. The number of anilines is 1. The van der Waals surface area contributed by atoms with Crippen LogP contribution in [0, 0.1) is 0 Å². The van der Waals surface area contributed by atoms with Gasteiger partial charge in [-0.05, 0) is 15.9 Å². The molecule has 0 aliphatic carbocycles. The molecule has 0 aromatic carbocycles. The summed E-state index contributed by atoms with van der Waals surface area (Å²) < 4.78 is 5.83. The monoisotopic (exact) mass is 288 g/mol. The molecule has 2 N–H and O–H groups in total. The molecular weight excluding hydrogens is 272 g/mol. The van der Waals surface area contributed by atoms with E-state index in [1.165, 1.54) is 0 Å². The van der Waals surface area contributed by atoms with Crippen molar-refractivity contribution in [2.45, 2.75) is 19.9 Å². The van der Waals surface area contributed by atoms with Gasteiger partial charge in [0.2, 0.25) is 11.8 Å². The molecule has 1 heterocycles. The minimum absolute atomic E-state index is 0.488. The molecule has 0 spiro atoms. The normalized spacial score (nSPS) is 10.6. The van der Waals surface area contributed by atoms with Crippen molar-refractivity contribution in [1.82, 2.24) is 15.3 Å². The lowest BCUT2D eigenvalue weighted by molar-refractivity contribution is 0.394. The molecule has 90 valence electrons. The quantitative estimate of drug-likeness (QED) is 0.780. The fraction of sp³-hybridized carbons (Fsp3) is 0.600. The molecule has 6 heteroatoms. The van der Waals surface area contributed by atoms with Crippen LogP contribution in [0.2, 0.25) is 0 Å². The lowest BCUT2D eigenvalue weighted by Crippen LogP contribution is -2.28. The third kappa shape index (κ3) is 4.32. The van der Waals surface area contributed by atoms with Gasteiger partial charge in [0.1, 0.15) is 0 Å². The summed E-state index contributed by atoms with van der Waals surface area (Å²) in [4.78, 5) is 8.32. The highest BCUT2D eigenvalue weighted by Crippen LogP contribution is 2.21. The lowest BCUT2D eigenvalue weighted by Gasteiger charge is -2.09. The smallest absolute Gasteiger partial charge is 0.232 e. The van der Waals surface area contributed by atoms with Gasteiger partial charge in [-0.1, -0.05) is 13.8 Å². The van der Waals surface area contributed by atoms with Gasteiger partial charge in [-0.25, -0.2) is 4.98 Å². The van der Waals surface area contributed by atoms with E-state index in [1.807, 2.05) is 0 Å². The molecule has 1 aromatic rings. The number of hydrogen-bond acceptors (Lipinski definition) is 5. The van der Waals surface area contributed by atoms with Gasteiger partial charge >= 0.3 is 0 Å². The molecule has 16 heavy (non-hydrogen) atoms. The van der Waals surface area contributed by atoms with Crippen molar-refractivity contribution in [2.75, 3.05) is 25.5 Å². The third-order valence-corrected chi connectivity index (χ3v) is 2.41. The molecule has 0 saturated carbocycles. The van der Waals surface area contributed by atoms with Gasteiger partial charge in [-0.15, -0.1) is 0 Å². The van der Waals surface area contributed by atoms with E-state index < -0.39 is 0 Å². The Kier molecular flexibility index (Phi) is 5.48. The Bertz CT molecular complexity index is 333. The summed E-state index contributed by atoms with van der Waals surface area (Å²) in [6, 6.07) is 0.488.